The molecule has 0 aliphatic carbocycles. The van der Waals surface area contributed by atoms with E-state index < -0.39 is 0 Å². The number of rotatable bonds is 9. The number of aliphatic imine (C=N–C) groups is 1. The first-order valence-corrected chi connectivity index (χ1v) is 10.2. The summed E-state index contributed by atoms with van der Waals surface area (Å²) in [6.07, 6.45) is 4.77. The van der Waals surface area contributed by atoms with Crippen LogP contribution in [0, 0.1) is 0 Å². The molecule has 1 aliphatic heterocycles. The van der Waals surface area contributed by atoms with Crippen LogP contribution in [0.5, 0.6) is 5.75 Å². The molecule has 1 aliphatic rings. The maximum atomic E-state index is 5.41. The second-order valence-corrected chi connectivity index (χ2v) is 7.11. The van der Waals surface area contributed by atoms with Gasteiger partial charge in [-0.15, -0.1) is 0 Å². The third-order valence-corrected chi connectivity index (χ3v) is 4.99. The van der Waals surface area contributed by atoms with Gasteiger partial charge in [0.25, 0.3) is 0 Å². The van der Waals surface area contributed by atoms with Gasteiger partial charge in [0.15, 0.2) is 5.96 Å². The minimum absolute atomic E-state index is 0.326. The molecule has 1 atom stereocenters. The molecule has 0 bridgehead atoms. The van der Waals surface area contributed by atoms with E-state index in [4.69, 9.17) is 13.9 Å². The molecule has 1 aromatic heterocycles. The number of furan rings is 1. The molecular weight excluding hydrogens is 368 g/mol. The zero-order chi connectivity index (χ0) is 20.3. The number of guanidine groups is 1. The second kappa shape index (κ2) is 11.4. The molecular formula is C22H32N4O3. The first kappa shape index (κ1) is 21.0. The number of benzene rings is 1. The topological polar surface area (TPSA) is 71.3 Å². The summed E-state index contributed by atoms with van der Waals surface area (Å²) < 4.78 is 15.9. The van der Waals surface area contributed by atoms with E-state index in [0.29, 0.717) is 19.2 Å². The minimum atomic E-state index is 0.326. The number of nitrogens with one attached hydrogen (secondary N) is 2. The summed E-state index contributed by atoms with van der Waals surface area (Å²) >= 11 is 0. The fourth-order valence-corrected chi connectivity index (χ4v) is 3.49. The third-order valence-electron chi connectivity index (χ3n) is 4.99. The maximum absolute atomic E-state index is 5.41. The van der Waals surface area contributed by atoms with Crippen LogP contribution in [0.2, 0.25) is 0 Å². The quantitative estimate of drug-likeness (QED) is 0.383. The van der Waals surface area contributed by atoms with Crippen molar-refractivity contribution in [2.75, 3.05) is 51.9 Å². The average Bonchev–Trinajstić information content (AvgIpc) is 3.27. The van der Waals surface area contributed by atoms with Crippen LogP contribution in [0.25, 0.3) is 0 Å². The van der Waals surface area contributed by atoms with Crippen molar-refractivity contribution < 1.29 is 13.9 Å². The normalized spacial score (nSPS) is 17.2. The molecule has 1 aromatic carbocycles. The molecule has 1 unspecified atom stereocenters. The number of ether oxygens (including phenoxy) is 2. The van der Waals surface area contributed by atoms with E-state index in [9.17, 15) is 0 Å². The Hall–Kier alpha value is -2.67. The van der Waals surface area contributed by atoms with Gasteiger partial charge in [0.1, 0.15) is 11.5 Å². The molecule has 2 heterocycles. The molecule has 0 spiro atoms. The zero-order valence-electron chi connectivity index (χ0n) is 17.4. The lowest BCUT2D eigenvalue weighted by atomic mass is 10.0. The summed E-state index contributed by atoms with van der Waals surface area (Å²) in [6, 6.07) is 12.5. The van der Waals surface area contributed by atoms with Crippen LogP contribution in [0.1, 0.15) is 18.6 Å². The summed E-state index contributed by atoms with van der Waals surface area (Å²) in [4.78, 5) is 7.05. The lowest BCUT2D eigenvalue weighted by molar-refractivity contribution is 0.207. The zero-order valence-corrected chi connectivity index (χ0v) is 17.4. The summed E-state index contributed by atoms with van der Waals surface area (Å²) in [6.45, 7) is 3.97. The summed E-state index contributed by atoms with van der Waals surface area (Å²) in [5, 5.41) is 7.02. The van der Waals surface area contributed by atoms with E-state index in [1.54, 1.807) is 20.5 Å². The molecule has 0 radical (unpaired) electrons. The highest BCUT2D eigenvalue weighted by Crippen LogP contribution is 2.24. The van der Waals surface area contributed by atoms with Gasteiger partial charge in [-0.25, -0.2) is 0 Å². The highest BCUT2D eigenvalue weighted by Gasteiger charge is 2.21. The Morgan fingerprint density at radius 1 is 1.28 bits per heavy atom. The predicted molar refractivity (Wildman–Crippen MR) is 116 cm³/mol. The molecule has 29 heavy (non-hydrogen) atoms. The highest BCUT2D eigenvalue weighted by molar-refractivity contribution is 5.80. The van der Waals surface area contributed by atoms with Crippen molar-refractivity contribution in [1.29, 1.82) is 0 Å². The van der Waals surface area contributed by atoms with Gasteiger partial charge in [-0.3, -0.25) is 4.99 Å². The highest BCUT2D eigenvalue weighted by atomic mass is 16.5. The Labute approximate surface area is 173 Å². The Morgan fingerprint density at radius 2 is 2.21 bits per heavy atom. The molecule has 7 nitrogen and oxygen atoms in total. The van der Waals surface area contributed by atoms with Gasteiger partial charge in [-0.05, 0) is 37.1 Å². The Morgan fingerprint density at radius 3 is 3.00 bits per heavy atom. The SMILES string of the molecule is COCCN=C(NCCc1ccco1)NC1CCCN(c2cccc(OC)c2)C1. The van der Waals surface area contributed by atoms with Crippen LogP contribution in [0.3, 0.4) is 0 Å². The first-order chi connectivity index (χ1) is 14.3. The van der Waals surface area contributed by atoms with Crippen LogP contribution < -0.4 is 20.3 Å². The van der Waals surface area contributed by atoms with E-state index in [2.05, 4.69) is 32.7 Å². The fraction of sp³-hybridized carbons (Fsp3) is 0.500. The predicted octanol–water partition coefficient (Wildman–Crippen LogP) is 2.68. The van der Waals surface area contributed by atoms with Crippen molar-refractivity contribution >= 4 is 11.6 Å². The third kappa shape index (κ3) is 6.71. The number of hydrogen-bond donors (Lipinski definition) is 2. The van der Waals surface area contributed by atoms with Crippen molar-refractivity contribution in [2.45, 2.75) is 25.3 Å². The maximum Gasteiger partial charge on any atom is 0.191 e. The van der Waals surface area contributed by atoms with Gasteiger partial charge >= 0.3 is 0 Å². The minimum Gasteiger partial charge on any atom is -0.497 e. The van der Waals surface area contributed by atoms with Gasteiger partial charge in [0.2, 0.25) is 0 Å². The Balaban J connectivity index is 1.57. The molecule has 2 N–H and O–H groups in total. The number of methoxy groups -OCH3 is 2. The van der Waals surface area contributed by atoms with Crippen LogP contribution in [0.4, 0.5) is 5.69 Å². The molecule has 2 aromatic rings. The van der Waals surface area contributed by atoms with Crippen molar-refractivity contribution in [1.82, 2.24) is 10.6 Å². The summed E-state index contributed by atoms with van der Waals surface area (Å²) in [5.41, 5.74) is 1.19. The molecule has 0 amide bonds. The van der Waals surface area contributed by atoms with Crippen molar-refractivity contribution in [3.8, 4) is 5.75 Å². The van der Waals surface area contributed by atoms with Gasteiger partial charge in [0, 0.05) is 51.0 Å². The lowest BCUT2D eigenvalue weighted by Gasteiger charge is -2.35. The fourth-order valence-electron chi connectivity index (χ4n) is 3.49. The van der Waals surface area contributed by atoms with Gasteiger partial charge in [0.05, 0.1) is 26.5 Å². The van der Waals surface area contributed by atoms with E-state index in [-0.39, 0.29) is 0 Å². The monoisotopic (exact) mass is 400 g/mol. The molecule has 1 fully saturated rings. The van der Waals surface area contributed by atoms with E-state index in [1.807, 2.05) is 24.3 Å². The van der Waals surface area contributed by atoms with Crippen LogP contribution in [-0.4, -0.2) is 59.0 Å². The van der Waals surface area contributed by atoms with Crippen LogP contribution in [0.15, 0.2) is 52.1 Å². The number of hydrogen-bond acceptors (Lipinski definition) is 5. The lowest BCUT2D eigenvalue weighted by Crippen LogP contribution is -2.51. The van der Waals surface area contributed by atoms with Gasteiger partial charge in [-0.2, -0.15) is 0 Å². The largest absolute Gasteiger partial charge is 0.497 e. The van der Waals surface area contributed by atoms with Gasteiger partial charge in [-0.1, -0.05) is 6.07 Å². The molecule has 0 saturated carbocycles. The van der Waals surface area contributed by atoms with Gasteiger partial charge < -0.3 is 29.4 Å². The van der Waals surface area contributed by atoms with Crippen LogP contribution in [-0.2, 0) is 11.2 Å². The Kier molecular flexibility index (Phi) is 8.25. The smallest absolute Gasteiger partial charge is 0.191 e. The summed E-state index contributed by atoms with van der Waals surface area (Å²) in [5.74, 6) is 2.68. The molecule has 1 saturated heterocycles. The number of nitrogens with zero attached hydrogens (tertiary/aromatic N) is 2. The van der Waals surface area contributed by atoms with E-state index in [1.165, 1.54) is 5.69 Å². The van der Waals surface area contributed by atoms with Crippen molar-refractivity contribution in [3.05, 3.63) is 48.4 Å². The second-order valence-electron chi connectivity index (χ2n) is 7.11. The molecule has 3 rings (SSSR count). The van der Waals surface area contributed by atoms with Crippen molar-refractivity contribution in [2.24, 2.45) is 4.99 Å². The average molecular weight is 401 g/mol. The van der Waals surface area contributed by atoms with Crippen LogP contribution >= 0.6 is 0 Å². The summed E-state index contributed by atoms with van der Waals surface area (Å²) in [7, 11) is 3.40. The Bertz CT molecular complexity index is 748. The first-order valence-electron chi connectivity index (χ1n) is 10.2. The van der Waals surface area contributed by atoms with E-state index in [0.717, 1.165) is 56.4 Å². The number of piperidine rings is 1. The number of anilines is 1. The molecule has 7 heteroatoms. The van der Waals surface area contributed by atoms with E-state index >= 15 is 0 Å². The molecule has 158 valence electrons. The standard InChI is InChI=1S/C22H32N4O3/c1-27-15-12-24-22(23-11-10-20-9-5-14-29-20)25-18-6-4-13-26(17-18)19-7-3-8-21(16-19)28-2/h3,5,7-9,14,16,18H,4,6,10-13,15,17H2,1-2H3,(H2,23,24,25). The van der Waals surface area contributed by atoms with Crippen molar-refractivity contribution in [3.63, 3.8) is 0 Å².